The van der Waals surface area contributed by atoms with Crippen molar-refractivity contribution in [2.24, 2.45) is 5.92 Å². The third kappa shape index (κ3) is 2.84. The highest BCUT2D eigenvalue weighted by molar-refractivity contribution is 5.77. The highest BCUT2D eigenvalue weighted by Gasteiger charge is 2.24. The molecular weight excluding hydrogens is 266 g/mol. The van der Waals surface area contributed by atoms with E-state index < -0.39 is 0 Å². The number of H-pyrrole nitrogens is 1. The SMILES string of the molecule is C[C@@H](c1nc2ccccc2c(=O)[nH]1)N1CCC(CO)CC1. The monoisotopic (exact) mass is 287 g/mol. The largest absolute Gasteiger partial charge is 0.396 e. The summed E-state index contributed by atoms with van der Waals surface area (Å²) in [6, 6.07) is 7.50. The predicted molar refractivity (Wildman–Crippen MR) is 82.2 cm³/mol. The van der Waals surface area contributed by atoms with Gasteiger partial charge in [0.1, 0.15) is 5.82 Å². The summed E-state index contributed by atoms with van der Waals surface area (Å²) in [7, 11) is 0. The Hall–Kier alpha value is -1.72. The van der Waals surface area contributed by atoms with E-state index >= 15 is 0 Å². The first kappa shape index (κ1) is 14.2. The molecule has 112 valence electrons. The second-order valence-corrected chi connectivity index (χ2v) is 5.81. The zero-order valence-electron chi connectivity index (χ0n) is 12.2. The van der Waals surface area contributed by atoms with Crippen molar-refractivity contribution < 1.29 is 5.11 Å². The summed E-state index contributed by atoms with van der Waals surface area (Å²) in [5, 5.41) is 9.84. The average molecular weight is 287 g/mol. The fourth-order valence-electron chi connectivity index (χ4n) is 3.00. The fraction of sp³-hybridized carbons (Fsp3) is 0.500. The van der Waals surface area contributed by atoms with Gasteiger partial charge in [0, 0.05) is 6.61 Å². The van der Waals surface area contributed by atoms with Gasteiger partial charge in [-0.1, -0.05) is 12.1 Å². The molecule has 1 aliphatic rings. The van der Waals surface area contributed by atoms with Crippen molar-refractivity contribution in [1.29, 1.82) is 0 Å². The van der Waals surface area contributed by atoms with Gasteiger partial charge in [0.25, 0.3) is 5.56 Å². The molecule has 1 aromatic heterocycles. The molecule has 2 heterocycles. The molecule has 21 heavy (non-hydrogen) atoms. The number of aliphatic hydroxyl groups is 1. The van der Waals surface area contributed by atoms with Gasteiger partial charge in [-0.2, -0.15) is 0 Å². The van der Waals surface area contributed by atoms with Crippen molar-refractivity contribution in [2.45, 2.75) is 25.8 Å². The Bertz CT molecular complexity index is 675. The zero-order chi connectivity index (χ0) is 14.8. The van der Waals surface area contributed by atoms with E-state index in [1.165, 1.54) is 0 Å². The van der Waals surface area contributed by atoms with Crippen LogP contribution in [0.3, 0.4) is 0 Å². The summed E-state index contributed by atoms with van der Waals surface area (Å²) in [6.07, 6.45) is 2.00. The van der Waals surface area contributed by atoms with Gasteiger partial charge in [-0.3, -0.25) is 9.69 Å². The van der Waals surface area contributed by atoms with E-state index in [2.05, 4.69) is 21.8 Å². The number of aromatic amines is 1. The molecule has 2 aromatic rings. The van der Waals surface area contributed by atoms with E-state index in [1.807, 2.05) is 18.2 Å². The molecule has 1 saturated heterocycles. The number of aromatic nitrogens is 2. The van der Waals surface area contributed by atoms with Crippen molar-refractivity contribution >= 4 is 10.9 Å². The van der Waals surface area contributed by atoms with Gasteiger partial charge in [0.05, 0.1) is 16.9 Å². The number of para-hydroxylation sites is 1. The van der Waals surface area contributed by atoms with Gasteiger partial charge in [0.2, 0.25) is 0 Å². The number of nitrogens with zero attached hydrogens (tertiary/aromatic N) is 2. The average Bonchev–Trinajstić information content (AvgIpc) is 2.54. The van der Waals surface area contributed by atoms with Crippen molar-refractivity contribution in [3.63, 3.8) is 0 Å². The van der Waals surface area contributed by atoms with Gasteiger partial charge < -0.3 is 10.1 Å². The smallest absolute Gasteiger partial charge is 0.258 e. The summed E-state index contributed by atoms with van der Waals surface area (Å²) >= 11 is 0. The van der Waals surface area contributed by atoms with Gasteiger partial charge in [-0.05, 0) is 50.9 Å². The maximum absolute atomic E-state index is 12.1. The molecule has 1 fully saturated rings. The minimum atomic E-state index is -0.0762. The van der Waals surface area contributed by atoms with Crippen molar-refractivity contribution in [1.82, 2.24) is 14.9 Å². The van der Waals surface area contributed by atoms with Crippen LogP contribution in [-0.2, 0) is 0 Å². The van der Waals surface area contributed by atoms with Crippen LogP contribution >= 0.6 is 0 Å². The van der Waals surface area contributed by atoms with E-state index in [1.54, 1.807) is 6.07 Å². The fourth-order valence-corrected chi connectivity index (χ4v) is 3.00. The second-order valence-electron chi connectivity index (χ2n) is 5.81. The lowest BCUT2D eigenvalue weighted by molar-refractivity contribution is 0.103. The molecule has 1 aromatic carbocycles. The third-order valence-corrected chi connectivity index (χ3v) is 4.48. The lowest BCUT2D eigenvalue weighted by Gasteiger charge is -2.34. The molecule has 0 saturated carbocycles. The number of benzene rings is 1. The number of aliphatic hydroxyl groups excluding tert-OH is 1. The maximum atomic E-state index is 12.1. The van der Waals surface area contributed by atoms with E-state index in [0.29, 0.717) is 11.3 Å². The van der Waals surface area contributed by atoms with Gasteiger partial charge >= 0.3 is 0 Å². The summed E-state index contributed by atoms with van der Waals surface area (Å²) in [5.41, 5.74) is 0.668. The van der Waals surface area contributed by atoms with E-state index in [4.69, 9.17) is 0 Å². The highest BCUT2D eigenvalue weighted by Crippen LogP contribution is 2.24. The molecule has 5 heteroatoms. The molecule has 2 N–H and O–H groups in total. The molecule has 0 aliphatic carbocycles. The topological polar surface area (TPSA) is 69.2 Å². The number of piperidine rings is 1. The van der Waals surface area contributed by atoms with Gasteiger partial charge in [-0.15, -0.1) is 0 Å². The van der Waals surface area contributed by atoms with Crippen LogP contribution in [0.25, 0.3) is 10.9 Å². The molecule has 0 spiro atoms. The number of nitrogens with one attached hydrogen (secondary N) is 1. The lowest BCUT2D eigenvalue weighted by atomic mass is 9.97. The Morgan fingerprint density at radius 1 is 1.38 bits per heavy atom. The standard InChI is InChI=1S/C16H21N3O2/c1-11(19-8-6-12(10-20)7-9-19)15-17-14-5-3-2-4-13(14)16(21)18-15/h2-5,11-12,20H,6-10H2,1H3,(H,17,18,21)/t11-/m0/s1. The minimum Gasteiger partial charge on any atom is -0.396 e. The van der Waals surface area contributed by atoms with Crippen LogP contribution in [0.2, 0.25) is 0 Å². The summed E-state index contributed by atoms with van der Waals surface area (Å²) in [5.74, 6) is 1.14. The van der Waals surface area contributed by atoms with Crippen molar-refractivity contribution in [3.05, 3.63) is 40.4 Å². The zero-order valence-corrected chi connectivity index (χ0v) is 12.2. The van der Waals surface area contributed by atoms with Gasteiger partial charge in [-0.25, -0.2) is 4.98 Å². The van der Waals surface area contributed by atoms with Crippen molar-refractivity contribution in [3.8, 4) is 0 Å². The number of hydrogen-bond acceptors (Lipinski definition) is 4. The van der Waals surface area contributed by atoms with Crippen LogP contribution < -0.4 is 5.56 Å². The molecule has 1 aliphatic heterocycles. The Morgan fingerprint density at radius 3 is 2.81 bits per heavy atom. The minimum absolute atomic E-state index is 0.0762. The number of fused-ring (bicyclic) bond motifs is 1. The highest BCUT2D eigenvalue weighted by atomic mass is 16.3. The molecule has 0 bridgehead atoms. The maximum Gasteiger partial charge on any atom is 0.258 e. The Kier molecular flexibility index (Phi) is 4.03. The normalized spacial score (nSPS) is 19.0. The first-order valence-corrected chi connectivity index (χ1v) is 7.53. The Labute approximate surface area is 123 Å². The number of hydrogen-bond donors (Lipinski definition) is 2. The van der Waals surface area contributed by atoms with Crippen LogP contribution in [0.1, 0.15) is 31.6 Å². The molecular formula is C16H21N3O2. The lowest BCUT2D eigenvalue weighted by Crippen LogP contribution is -2.37. The molecule has 0 amide bonds. The van der Waals surface area contributed by atoms with E-state index in [-0.39, 0.29) is 18.2 Å². The number of likely N-dealkylation sites (tertiary alicyclic amines) is 1. The summed E-state index contributed by atoms with van der Waals surface area (Å²) < 4.78 is 0. The number of rotatable bonds is 3. The molecule has 1 atom stereocenters. The predicted octanol–water partition coefficient (Wildman–Crippen LogP) is 1.69. The molecule has 0 radical (unpaired) electrons. The van der Waals surface area contributed by atoms with Gasteiger partial charge in [0.15, 0.2) is 0 Å². The quantitative estimate of drug-likeness (QED) is 0.901. The van der Waals surface area contributed by atoms with Crippen molar-refractivity contribution in [2.75, 3.05) is 19.7 Å². The van der Waals surface area contributed by atoms with Crippen LogP contribution in [-0.4, -0.2) is 39.7 Å². The molecule has 3 rings (SSSR count). The van der Waals surface area contributed by atoms with Crippen LogP contribution in [0.5, 0.6) is 0 Å². The van der Waals surface area contributed by atoms with Crippen LogP contribution in [0.15, 0.2) is 29.1 Å². The van der Waals surface area contributed by atoms with E-state index in [9.17, 15) is 9.90 Å². The third-order valence-electron chi connectivity index (χ3n) is 4.48. The first-order chi connectivity index (χ1) is 10.2. The van der Waals surface area contributed by atoms with Crippen LogP contribution in [0.4, 0.5) is 0 Å². The van der Waals surface area contributed by atoms with Crippen LogP contribution in [0, 0.1) is 5.92 Å². The molecule has 0 unspecified atom stereocenters. The summed E-state index contributed by atoms with van der Waals surface area (Å²) in [6.45, 7) is 4.21. The molecule has 5 nitrogen and oxygen atoms in total. The second kappa shape index (κ2) is 5.95. The first-order valence-electron chi connectivity index (χ1n) is 7.53. The Balaban J connectivity index is 1.85. The summed E-state index contributed by atoms with van der Waals surface area (Å²) in [4.78, 5) is 22.0. The van der Waals surface area contributed by atoms with E-state index in [0.717, 1.165) is 37.3 Å². The Morgan fingerprint density at radius 2 is 2.10 bits per heavy atom.